The maximum absolute atomic E-state index is 2.49. The predicted molar refractivity (Wildman–Crippen MR) is 118 cm³/mol. The topological polar surface area (TPSA) is 0 Å². The molecule has 0 amide bonds. The Hall–Kier alpha value is 0. The quantitative estimate of drug-likeness (QED) is 0.454. The van der Waals surface area contributed by atoms with Crippen LogP contribution in [0.2, 0.25) is 0 Å². The van der Waals surface area contributed by atoms with Gasteiger partial charge in [0.25, 0.3) is 0 Å². The third kappa shape index (κ3) is 4.95. The van der Waals surface area contributed by atoms with Crippen molar-refractivity contribution in [2.75, 3.05) is 0 Å². The fourth-order valence-electron chi connectivity index (χ4n) is 8.42. The molecule has 2 bridgehead atoms. The van der Waals surface area contributed by atoms with Crippen LogP contribution in [0.15, 0.2) is 0 Å². The average Bonchev–Trinajstić information content (AvgIpc) is 3.15. The molecule has 0 saturated heterocycles. The fourth-order valence-corrected chi connectivity index (χ4v) is 8.42. The van der Waals surface area contributed by atoms with Crippen LogP contribution in [0, 0.1) is 41.4 Å². The molecule has 4 aliphatic rings. The first-order valence-electron chi connectivity index (χ1n) is 13.4. The van der Waals surface area contributed by atoms with Crippen LogP contribution < -0.4 is 0 Å². The maximum Gasteiger partial charge on any atom is -0.0352 e. The molecule has 156 valence electrons. The summed E-state index contributed by atoms with van der Waals surface area (Å²) in [6, 6.07) is 0. The third-order valence-electron chi connectivity index (χ3n) is 9.81. The minimum atomic E-state index is 1.08. The van der Waals surface area contributed by atoms with Gasteiger partial charge in [0.2, 0.25) is 0 Å². The molecule has 0 aromatic heterocycles. The summed E-state index contributed by atoms with van der Waals surface area (Å²) >= 11 is 0. The Labute approximate surface area is 170 Å². The van der Waals surface area contributed by atoms with Gasteiger partial charge >= 0.3 is 0 Å². The Bertz CT molecular complexity index is 382. The summed E-state index contributed by atoms with van der Waals surface area (Å²) in [4.78, 5) is 0. The Morgan fingerprint density at radius 1 is 0.444 bits per heavy atom. The third-order valence-corrected chi connectivity index (χ3v) is 9.81. The van der Waals surface area contributed by atoms with Gasteiger partial charge in [-0.3, -0.25) is 0 Å². The number of hydrogen-bond acceptors (Lipinski definition) is 0. The van der Waals surface area contributed by atoms with Crippen LogP contribution in [0.5, 0.6) is 0 Å². The molecule has 0 radical (unpaired) electrons. The van der Waals surface area contributed by atoms with E-state index in [-0.39, 0.29) is 0 Å². The van der Waals surface area contributed by atoms with Crippen molar-refractivity contribution in [3.63, 3.8) is 0 Å². The van der Waals surface area contributed by atoms with Gasteiger partial charge in [0, 0.05) is 0 Å². The molecule has 0 aromatic carbocycles. The zero-order chi connectivity index (χ0) is 18.5. The van der Waals surface area contributed by atoms with Crippen LogP contribution in [-0.4, -0.2) is 0 Å². The molecular formula is C27H48. The number of rotatable bonds is 2. The minimum Gasteiger partial charge on any atom is -0.0651 e. The Balaban J connectivity index is 1.55. The van der Waals surface area contributed by atoms with Crippen molar-refractivity contribution in [1.29, 1.82) is 0 Å². The largest absolute Gasteiger partial charge is 0.0651 e. The Morgan fingerprint density at radius 2 is 0.889 bits per heavy atom. The average molecular weight is 373 g/mol. The highest BCUT2D eigenvalue weighted by molar-refractivity contribution is 4.95. The first kappa shape index (κ1) is 20.3. The van der Waals surface area contributed by atoms with Crippen molar-refractivity contribution in [3.8, 4) is 0 Å². The summed E-state index contributed by atoms with van der Waals surface area (Å²) in [5.41, 5.74) is 0. The first-order valence-corrected chi connectivity index (χ1v) is 13.4. The van der Waals surface area contributed by atoms with E-state index in [4.69, 9.17) is 0 Å². The minimum absolute atomic E-state index is 1.08. The Kier molecular flexibility index (Phi) is 7.63. The second-order valence-corrected chi connectivity index (χ2v) is 11.2. The molecule has 0 aromatic rings. The van der Waals surface area contributed by atoms with Crippen LogP contribution in [0.25, 0.3) is 0 Å². The second-order valence-electron chi connectivity index (χ2n) is 11.2. The summed E-state index contributed by atoms with van der Waals surface area (Å²) in [5.74, 6) is 7.73. The molecule has 0 nitrogen and oxygen atoms in total. The molecule has 4 rings (SSSR count). The fraction of sp³-hybridized carbons (Fsp3) is 1.00. The lowest BCUT2D eigenvalue weighted by atomic mass is 9.69. The van der Waals surface area contributed by atoms with Gasteiger partial charge in [0.1, 0.15) is 0 Å². The highest BCUT2D eigenvalue weighted by Crippen LogP contribution is 2.55. The van der Waals surface area contributed by atoms with Gasteiger partial charge in [-0.1, -0.05) is 110 Å². The van der Waals surface area contributed by atoms with E-state index in [0.717, 1.165) is 41.4 Å². The van der Waals surface area contributed by atoms with Crippen molar-refractivity contribution in [1.82, 2.24) is 0 Å². The van der Waals surface area contributed by atoms with Gasteiger partial charge < -0.3 is 0 Å². The maximum atomic E-state index is 2.49. The van der Waals surface area contributed by atoms with Crippen molar-refractivity contribution in [2.24, 2.45) is 41.4 Å². The van der Waals surface area contributed by atoms with Crippen LogP contribution in [-0.2, 0) is 0 Å². The first-order chi connectivity index (χ1) is 13.4. The van der Waals surface area contributed by atoms with Gasteiger partial charge in [-0.05, 0) is 60.7 Å². The van der Waals surface area contributed by atoms with Crippen LogP contribution in [0.3, 0.4) is 0 Å². The van der Waals surface area contributed by atoms with E-state index in [1.54, 1.807) is 83.5 Å². The summed E-state index contributed by atoms with van der Waals surface area (Å²) in [6.45, 7) is 2.49. The van der Waals surface area contributed by atoms with Crippen molar-refractivity contribution < 1.29 is 0 Å². The van der Waals surface area contributed by atoms with E-state index in [1.807, 2.05) is 0 Å². The van der Waals surface area contributed by atoms with Crippen LogP contribution in [0.4, 0.5) is 0 Å². The zero-order valence-electron chi connectivity index (χ0n) is 18.5. The van der Waals surface area contributed by atoms with E-state index in [1.165, 1.54) is 38.5 Å². The summed E-state index contributed by atoms with van der Waals surface area (Å²) in [7, 11) is 0. The lowest BCUT2D eigenvalue weighted by Gasteiger charge is -2.36. The monoisotopic (exact) mass is 372 g/mol. The smallest absolute Gasteiger partial charge is 0.0352 e. The molecule has 0 heteroatoms. The van der Waals surface area contributed by atoms with Crippen molar-refractivity contribution >= 4 is 0 Å². The lowest BCUT2D eigenvalue weighted by molar-refractivity contribution is 0.141. The van der Waals surface area contributed by atoms with Gasteiger partial charge in [0.05, 0.1) is 0 Å². The van der Waals surface area contributed by atoms with E-state index in [9.17, 15) is 0 Å². The van der Waals surface area contributed by atoms with Gasteiger partial charge in [-0.2, -0.15) is 0 Å². The second kappa shape index (κ2) is 10.2. The zero-order valence-corrected chi connectivity index (χ0v) is 18.5. The molecule has 4 saturated carbocycles. The van der Waals surface area contributed by atoms with E-state index >= 15 is 0 Å². The summed E-state index contributed by atoms with van der Waals surface area (Å²) in [6.07, 6.45) is 29.6. The molecule has 4 fully saturated rings. The molecular weight excluding hydrogens is 324 g/mol. The van der Waals surface area contributed by atoms with Crippen molar-refractivity contribution in [2.45, 2.75) is 129 Å². The van der Waals surface area contributed by atoms with Gasteiger partial charge in [-0.15, -0.1) is 0 Å². The molecule has 4 aliphatic carbocycles. The molecule has 0 aliphatic heterocycles. The van der Waals surface area contributed by atoms with Crippen LogP contribution in [0.1, 0.15) is 129 Å². The summed E-state index contributed by atoms with van der Waals surface area (Å²) in [5, 5.41) is 0. The normalized spacial score (nSPS) is 44.6. The number of hydrogen-bond donors (Lipinski definition) is 0. The van der Waals surface area contributed by atoms with Gasteiger partial charge in [-0.25, -0.2) is 0 Å². The molecule has 4 unspecified atom stereocenters. The molecule has 0 spiro atoms. The predicted octanol–water partition coefficient (Wildman–Crippen LogP) is 8.79. The molecule has 0 heterocycles. The van der Waals surface area contributed by atoms with Crippen molar-refractivity contribution in [3.05, 3.63) is 0 Å². The molecule has 0 N–H and O–H groups in total. The highest BCUT2D eigenvalue weighted by Gasteiger charge is 2.45. The Morgan fingerprint density at radius 3 is 1.37 bits per heavy atom. The molecule has 4 atom stereocenters. The van der Waals surface area contributed by atoms with E-state index in [0.29, 0.717) is 0 Å². The SMILES string of the molecule is CCC1CCCCC1C1CC2C3CCCCCCC(CCCCCC3)C2C1. The van der Waals surface area contributed by atoms with E-state index < -0.39 is 0 Å². The molecule has 27 heavy (non-hydrogen) atoms. The highest BCUT2D eigenvalue weighted by atomic mass is 14.5. The van der Waals surface area contributed by atoms with E-state index in [2.05, 4.69) is 6.92 Å². The van der Waals surface area contributed by atoms with Crippen LogP contribution >= 0.6 is 0 Å². The van der Waals surface area contributed by atoms with Gasteiger partial charge in [0.15, 0.2) is 0 Å². The standard InChI is InChI=1S/C27H48/c1-2-21-13-11-12-18-25(21)24-19-26-22-14-7-3-4-8-15-23(27(26)20-24)17-10-6-5-9-16-22/h21-27H,2-20H2,1H3. The lowest BCUT2D eigenvalue weighted by Crippen LogP contribution is -2.27. The summed E-state index contributed by atoms with van der Waals surface area (Å²) < 4.78 is 0.